The Morgan fingerprint density at radius 1 is 1.45 bits per heavy atom. The first-order chi connectivity index (χ1) is 10.2. The number of carbonyl (C=O) groups excluding carboxylic acids is 1. The van der Waals surface area contributed by atoms with E-state index in [-0.39, 0.29) is 24.1 Å². The van der Waals surface area contributed by atoms with Gasteiger partial charge in [0.25, 0.3) is 0 Å². The lowest BCUT2D eigenvalue weighted by molar-refractivity contribution is 0.166. The zero-order chi connectivity index (χ0) is 16.5. The van der Waals surface area contributed by atoms with Crippen LogP contribution < -0.4 is 5.32 Å². The van der Waals surface area contributed by atoms with Crippen molar-refractivity contribution in [3.05, 3.63) is 23.2 Å². The van der Waals surface area contributed by atoms with Gasteiger partial charge in [-0.15, -0.1) is 11.3 Å². The minimum atomic E-state index is -0.235. The molecule has 2 N–H and O–H groups in total. The van der Waals surface area contributed by atoms with Crippen molar-refractivity contribution in [3.8, 4) is 0 Å². The Bertz CT molecular complexity index is 676. The number of nitrogens with zero attached hydrogens (tertiary/aromatic N) is 2. The van der Waals surface area contributed by atoms with Gasteiger partial charge in [0.2, 0.25) is 0 Å². The molecule has 22 heavy (non-hydrogen) atoms. The van der Waals surface area contributed by atoms with Crippen molar-refractivity contribution < 1.29 is 9.90 Å². The summed E-state index contributed by atoms with van der Waals surface area (Å²) in [5.41, 5.74) is 1.70. The summed E-state index contributed by atoms with van der Waals surface area (Å²) in [6, 6.07) is 5.26. The maximum atomic E-state index is 12.1. The smallest absolute Gasteiger partial charge is 0.321 e. The highest BCUT2D eigenvalue weighted by Gasteiger charge is 2.19. The molecule has 2 rings (SSSR count). The number of thiazole rings is 1. The van der Waals surface area contributed by atoms with E-state index >= 15 is 0 Å². The number of amides is 2. The van der Waals surface area contributed by atoms with Gasteiger partial charge in [0.1, 0.15) is 0 Å². The average Bonchev–Trinajstić information content (AvgIpc) is 2.88. The Morgan fingerprint density at radius 2 is 2.14 bits per heavy atom. The number of urea groups is 1. The SMILES string of the molecule is CC(CO)N(C)C(=O)Nc1ccc2nc(C(C)(C)C)sc2c1. The van der Waals surface area contributed by atoms with E-state index in [1.165, 1.54) is 4.90 Å². The molecule has 0 radical (unpaired) electrons. The van der Waals surface area contributed by atoms with Crippen molar-refractivity contribution in [2.45, 2.75) is 39.2 Å². The fraction of sp³-hybridized carbons (Fsp3) is 0.500. The van der Waals surface area contributed by atoms with Crippen LogP contribution in [0.25, 0.3) is 10.2 Å². The molecule has 0 spiro atoms. The standard InChI is InChI=1S/C16H23N3O2S/c1-10(9-20)19(5)15(21)17-11-6-7-12-13(8-11)22-14(18-12)16(2,3)4/h6-8,10,20H,9H2,1-5H3,(H,17,21). The fourth-order valence-electron chi connectivity index (χ4n) is 1.86. The van der Waals surface area contributed by atoms with Crippen LogP contribution in [-0.2, 0) is 5.41 Å². The lowest BCUT2D eigenvalue weighted by Crippen LogP contribution is -2.40. The predicted molar refractivity (Wildman–Crippen MR) is 91.6 cm³/mol. The molecule has 0 fully saturated rings. The lowest BCUT2D eigenvalue weighted by atomic mass is 9.98. The Kier molecular flexibility index (Phi) is 4.72. The molecule has 2 amide bonds. The number of nitrogens with one attached hydrogen (secondary N) is 1. The number of benzene rings is 1. The van der Waals surface area contributed by atoms with E-state index in [0.717, 1.165) is 20.9 Å². The number of rotatable bonds is 3. The van der Waals surface area contributed by atoms with Crippen LogP contribution in [0.15, 0.2) is 18.2 Å². The molecule has 6 heteroatoms. The largest absolute Gasteiger partial charge is 0.394 e. The zero-order valence-corrected chi connectivity index (χ0v) is 14.5. The number of anilines is 1. The molecule has 1 unspecified atom stereocenters. The highest BCUT2D eigenvalue weighted by molar-refractivity contribution is 7.18. The van der Waals surface area contributed by atoms with Gasteiger partial charge in [0.15, 0.2) is 0 Å². The van der Waals surface area contributed by atoms with E-state index in [9.17, 15) is 4.79 Å². The number of hydrogen-bond donors (Lipinski definition) is 2. The van der Waals surface area contributed by atoms with Crippen molar-refractivity contribution in [2.75, 3.05) is 19.0 Å². The highest BCUT2D eigenvalue weighted by Crippen LogP contribution is 2.32. The number of fused-ring (bicyclic) bond motifs is 1. The summed E-state index contributed by atoms with van der Waals surface area (Å²) in [6.45, 7) is 8.14. The molecule has 120 valence electrons. The predicted octanol–water partition coefficient (Wildman–Crippen LogP) is 3.44. The summed E-state index contributed by atoms with van der Waals surface area (Å²) < 4.78 is 1.06. The van der Waals surface area contributed by atoms with Crippen molar-refractivity contribution in [1.29, 1.82) is 0 Å². The van der Waals surface area contributed by atoms with Gasteiger partial charge in [-0.05, 0) is 25.1 Å². The molecule has 0 saturated heterocycles. The number of carbonyl (C=O) groups is 1. The van der Waals surface area contributed by atoms with Crippen LogP contribution in [0.4, 0.5) is 10.5 Å². The molecule has 1 atom stereocenters. The number of aliphatic hydroxyl groups excluding tert-OH is 1. The fourth-order valence-corrected chi connectivity index (χ4v) is 2.92. The van der Waals surface area contributed by atoms with Crippen LogP contribution in [0, 0.1) is 0 Å². The van der Waals surface area contributed by atoms with Gasteiger partial charge < -0.3 is 15.3 Å². The first-order valence-electron chi connectivity index (χ1n) is 7.28. The van der Waals surface area contributed by atoms with E-state index in [4.69, 9.17) is 5.11 Å². The Morgan fingerprint density at radius 3 is 2.73 bits per heavy atom. The Labute approximate surface area is 135 Å². The first-order valence-corrected chi connectivity index (χ1v) is 8.09. The quantitative estimate of drug-likeness (QED) is 0.910. The van der Waals surface area contributed by atoms with Crippen molar-refractivity contribution in [1.82, 2.24) is 9.88 Å². The molecule has 1 aromatic heterocycles. The van der Waals surface area contributed by atoms with Gasteiger partial charge in [-0.3, -0.25) is 0 Å². The van der Waals surface area contributed by atoms with Crippen LogP contribution in [-0.4, -0.2) is 40.7 Å². The van der Waals surface area contributed by atoms with Gasteiger partial charge in [0.05, 0.1) is 27.9 Å². The summed E-state index contributed by atoms with van der Waals surface area (Å²) in [5, 5.41) is 13.0. The zero-order valence-electron chi connectivity index (χ0n) is 13.7. The number of likely N-dealkylation sites (N-methyl/N-ethyl adjacent to an activating group) is 1. The normalized spacial score (nSPS) is 13.2. The van der Waals surface area contributed by atoms with Crippen LogP contribution in [0.2, 0.25) is 0 Å². The molecular weight excluding hydrogens is 298 g/mol. The average molecular weight is 321 g/mol. The molecule has 0 saturated carbocycles. The van der Waals surface area contributed by atoms with E-state index in [2.05, 4.69) is 31.1 Å². The third-order valence-corrected chi connectivity index (χ3v) is 4.97. The minimum Gasteiger partial charge on any atom is -0.394 e. The molecule has 0 bridgehead atoms. The highest BCUT2D eigenvalue weighted by atomic mass is 32.1. The minimum absolute atomic E-state index is 0.0177. The Balaban J connectivity index is 2.21. The van der Waals surface area contributed by atoms with E-state index in [0.29, 0.717) is 0 Å². The topological polar surface area (TPSA) is 65.5 Å². The maximum Gasteiger partial charge on any atom is 0.321 e. The van der Waals surface area contributed by atoms with Crippen LogP contribution in [0.3, 0.4) is 0 Å². The van der Waals surface area contributed by atoms with Gasteiger partial charge >= 0.3 is 6.03 Å². The van der Waals surface area contributed by atoms with Gasteiger partial charge in [0, 0.05) is 18.2 Å². The first kappa shape index (κ1) is 16.7. The number of aliphatic hydroxyl groups is 1. The molecule has 0 aliphatic heterocycles. The third kappa shape index (κ3) is 3.56. The molecule has 1 aromatic carbocycles. The lowest BCUT2D eigenvalue weighted by Gasteiger charge is -2.23. The maximum absolute atomic E-state index is 12.1. The second kappa shape index (κ2) is 6.22. The molecule has 0 aliphatic carbocycles. The summed E-state index contributed by atoms with van der Waals surface area (Å²) in [4.78, 5) is 18.2. The second-order valence-corrected chi connectivity index (χ2v) is 7.55. The van der Waals surface area contributed by atoms with Crippen molar-refractivity contribution >= 4 is 33.3 Å². The molecular formula is C16H23N3O2S. The van der Waals surface area contributed by atoms with Gasteiger partial charge in [-0.2, -0.15) is 0 Å². The second-order valence-electron chi connectivity index (χ2n) is 6.52. The number of hydrogen-bond acceptors (Lipinski definition) is 4. The van der Waals surface area contributed by atoms with Gasteiger partial charge in [-0.1, -0.05) is 20.8 Å². The molecule has 2 aromatic rings. The van der Waals surface area contributed by atoms with Crippen LogP contribution >= 0.6 is 11.3 Å². The summed E-state index contributed by atoms with van der Waals surface area (Å²) in [5.74, 6) is 0. The van der Waals surface area contributed by atoms with Gasteiger partial charge in [-0.25, -0.2) is 9.78 Å². The molecule has 1 heterocycles. The Hall–Kier alpha value is -1.66. The van der Waals surface area contributed by atoms with E-state index in [1.807, 2.05) is 18.2 Å². The van der Waals surface area contributed by atoms with E-state index in [1.54, 1.807) is 25.3 Å². The summed E-state index contributed by atoms with van der Waals surface area (Å²) in [6.07, 6.45) is 0. The molecule has 0 aliphatic rings. The number of aromatic nitrogens is 1. The van der Waals surface area contributed by atoms with Crippen LogP contribution in [0.5, 0.6) is 0 Å². The molecule has 5 nitrogen and oxygen atoms in total. The van der Waals surface area contributed by atoms with E-state index < -0.39 is 0 Å². The van der Waals surface area contributed by atoms with Crippen LogP contribution in [0.1, 0.15) is 32.7 Å². The summed E-state index contributed by atoms with van der Waals surface area (Å²) in [7, 11) is 1.67. The summed E-state index contributed by atoms with van der Waals surface area (Å²) >= 11 is 1.65. The van der Waals surface area contributed by atoms with Crippen molar-refractivity contribution in [2.24, 2.45) is 0 Å². The van der Waals surface area contributed by atoms with Crippen molar-refractivity contribution in [3.63, 3.8) is 0 Å². The monoisotopic (exact) mass is 321 g/mol. The third-order valence-electron chi connectivity index (χ3n) is 3.53.